The molecule has 4 rings (SSSR count). The Balaban J connectivity index is 1.31. The van der Waals surface area contributed by atoms with Gasteiger partial charge in [-0.05, 0) is 37.1 Å². The molecule has 1 aliphatic rings. The van der Waals surface area contributed by atoms with Crippen LogP contribution in [0, 0.1) is 11.3 Å². The Morgan fingerprint density at radius 3 is 3.03 bits per heavy atom. The molecule has 1 aliphatic heterocycles. The first-order valence-electron chi connectivity index (χ1n) is 9.76. The highest BCUT2D eigenvalue weighted by Crippen LogP contribution is 2.33. The number of likely N-dealkylation sites (tertiary alicyclic amines) is 1. The Morgan fingerprint density at radius 1 is 1.28 bits per heavy atom. The number of hydrogen-bond donors (Lipinski definition) is 1. The molecule has 148 valence electrons. The molecule has 1 unspecified atom stereocenters. The number of nitriles is 1. The minimum atomic E-state index is 0.334. The van der Waals surface area contributed by atoms with Gasteiger partial charge in [0, 0.05) is 18.1 Å². The maximum Gasteiger partial charge on any atom is 0.188 e. The second-order valence-electron chi connectivity index (χ2n) is 6.98. The third-order valence-corrected chi connectivity index (χ3v) is 5.76. The van der Waals surface area contributed by atoms with Crippen LogP contribution in [0.2, 0.25) is 0 Å². The molecule has 0 aliphatic carbocycles. The van der Waals surface area contributed by atoms with E-state index in [2.05, 4.69) is 38.8 Å². The molecule has 1 saturated heterocycles. The van der Waals surface area contributed by atoms with E-state index in [9.17, 15) is 0 Å². The minimum Gasteiger partial charge on any atom is -0.375 e. The van der Waals surface area contributed by atoms with Crippen LogP contribution in [0.4, 0.5) is 10.9 Å². The molecule has 1 N–H and O–H groups in total. The molecule has 0 spiro atoms. The maximum absolute atomic E-state index is 9.02. The number of anilines is 2. The molecule has 2 aromatic heterocycles. The Kier molecular flexibility index (Phi) is 6.47. The van der Waals surface area contributed by atoms with Gasteiger partial charge in [0.25, 0.3) is 0 Å². The maximum atomic E-state index is 9.02. The van der Waals surface area contributed by atoms with E-state index in [1.165, 1.54) is 12.0 Å². The lowest BCUT2D eigenvalue weighted by Gasteiger charge is -2.22. The summed E-state index contributed by atoms with van der Waals surface area (Å²) in [6, 6.07) is 16.1. The average Bonchev–Trinajstić information content (AvgIpc) is 3.41. The number of ether oxygens (including phenoxy) is 1. The Morgan fingerprint density at radius 2 is 2.17 bits per heavy atom. The second kappa shape index (κ2) is 9.61. The van der Waals surface area contributed by atoms with Crippen molar-refractivity contribution in [3.63, 3.8) is 0 Å². The van der Waals surface area contributed by atoms with Crippen LogP contribution in [0.1, 0.15) is 35.7 Å². The average molecular weight is 406 g/mol. The monoisotopic (exact) mass is 405 g/mol. The zero-order valence-corrected chi connectivity index (χ0v) is 16.9. The van der Waals surface area contributed by atoms with E-state index in [-0.39, 0.29) is 0 Å². The third-order valence-electron chi connectivity index (χ3n) is 4.99. The van der Waals surface area contributed by atoms with E-state index in [0.29, 0.717) is 30.6 Å². The summed E-state index contributed by atoms with van der Waals surface area (Å²) in [5.41, 5.74) is 2.88. The molecule has 7 heteroatoms. The van der Waals surface area contributed by atoms with Crippen LogP contribution in [0.15, 0.2) is 54.0 Å². The van der Waals surface area contributed by atoms with Gasteiger partial charge in [0.05, 0.1) is 36.6 Å². The van der Waals surface area contributed by atoms with Crippen molar-refractivity contribution in [1.29, 1.82) is 5.26 Å². The largest absolute Gasteiger partial charge is 0.375 e. The highest BCUT2D eigenvalue weighted by molar-refractivity contribution is 7.13. The molecule has 0 bridgehead atoms. The summed E-state index contributed by atoms with van der Waals surface area (Å²) < 4.78 is 5.87. The first kappa shape index (κ1) is 19.5. The summed E-state index contributed by atoms with van der Waals surface area (Å²) in [6.07, 6.45) is 3.92. The van der Waals surface area contributed by atoms with Crippen molar-refractivity contribution in [3.8, 4) is 6.07 Å². The van der Waals surface area contributed by atoms with E-state index in [0.717, 1.165) is 30.3 Å². The summed E-state index contributed by atoms with van der Waals surface area (Å²) in [5, 5.41) is 15.1. The molecule has 1 atom stereocenters. The molecule has 3 aromatic rings. The van der Waals surface area contributed by atoms with Crippen molar-refractivity contribution in [2.24, 2.45) is 0 Å². The number of benzene rings is 1. The lowest BCUT2D eigenvalue weighted by atomic mass is 10.2. The lowest BCUT2D eigenvalue weighted by Crippen LogP contribution is -2.27. The van der Waals surface area contributed by atoms with Crippen molar-refractivity contribution in [2.75, 3.05) is 25.0 Å². The van der Waals surface area contributed by atoms with Crippen LogP contribution in [0.5, 0.6) is 0 Å². The van der Waals surface area contributed by atoms with E-state index in [4.69, 9.17) is 15.0 Å². The zero-order chi connectivity index (χ0) is 19.9. The van der Waals surface area contributed by atoms with Crippen LogP contribution in [0.3, 0.4) is 0 Å². The zero-order valence-electron chi connectivity index (χ0n) is 16.1. The highest BCUT2D eigenvalue weighted by Gasteiger charge is 2.27. The van der Waals surface area contributed by atoms with Gasteiger partial charge in [0.15, 0.2) is 5.13 Å². The molecule has 1 fully saturated rings. The van der Waals surface area contributed by atoms with Crippen LogP contribution < -0.4 is 5.32 Å². The number of thiazole rings is 1. The standard InChI is InChI=1S/C22H23N5OS/c23-14-18-8-9-24-21(13-18)26-22-25-19(16-29-22)20-7-4-10-27(20)11-12-28-15-17-5-2-1-3-6-17/h1-3,5-6,8-9,13,16,20H,4,7,10-12,15H2,(H,24,25,26). The van der Waals surface area contributed by atoms with E-state index in [1.54, 1.807) is 29.7 Å². The molecule has 6 nitrogen and oxygen atoms in total. The van der Waals surface area contributed by atoms with Gasteiger partial charge in [0.2, 0.25) is 0 Å². The van der Waals surface area contributed by atoms with Crippen LogP contribution in [-0.2, 0) is 11.3 Å². The number of pyridine rings is 1. The van der Waals surface area contributed by atoms with Gasteiger partial charge in [-0.3, -0.25) is 4.90 Å². The van der Waals surface area contributed by atoms with Gasteiger partial charge >= 0.3 is 0 Å². The summed E-state index contributed by atoms with van der Waals surface area (Å²) in [5.74, 6) is 0.641. The molecular weight excluding hydrogens is 382 g/mol. The van der Waals surface area contributed by atoms with Crippen molar-refractivity contribution in [2.45, 2.75) is 25.5 Å². The number of aromatic nitrogens is 2. The second-order valence-corrected chi connectivity index (χ2v) is 7.83. The Labute approximate surface area is 174 Å². The van der Waals surface area contributed by atoms with Gasteiger partial charge in [0.1, 0.15) is 5.82 Å². The van der Waals surface area contributed by atoms with Gasteiger partial charge in [-0.15, -0.1) is 11.3 Å². The number of rotatable bonds is 8. The van der Waals surface area contributed by atoms with Gasteiger partial charge in [-0.2, -0.15) is 5.26 Å². The first-order valence-corrected chi connectivity index (χ1v) is 10.6. The molecule has 0 saturated carbocycles. The fourth-order valence-electron chi connectivity index (χ4n) is 3.55. The first-order chi connectivity index (χ1) is 14.3. The molecule has 1 aromatic carbocycles. The van der Waals surface area contributed by atoms with Crippen LogP contribution in [0.25, 0.3) is 0 Å². The normalized spacial score (nSPS) is 16.6. The lowest BCUT2D eigenvalue weighted by molar-refractivity contribution is 0.0883. The summed E-state index contributed by atoms with van der Waals surface area (Å²) in [6.45, 7) is 3.35. The number of nitrogens with zero attached hydrogens (tertiary/aromatic N) is 4. The Bertz CT molecular complexity index is 969. The number of hydrogen-bond acceptors (Lipinski definition) is 7. The van der Waals surface area contributed by atoms with Crippen molar-refractivity contribution in [1.82, 2.24) is 14.9 Å². The van der Waals surface area contributed by atoms with Crippen LogP contribution >= 0.6 is 11.3 Å². The van der Waals surface area contributed by atoms with E-state index >= 15 is 0 Å². The minimum absolute atomic E-state index is 0.334. The molecule has 0 radical (unpaired) electrons. The van der Waals surface area contributed by atoms with Crippen molar-refractivity contribution in [3.05, 3.63) is 70.9 Å². The SMILES string of the molecule is N#Cc1ccnc(Nc2nc(C3CCCN3CCOCc3ccccc3)cs2)c1. The molecule has 29 heavy (non-hydrogen) atoms. The summed E-state index contributed by atoms with van der Waals surface area (Å²) in [4.78, 5) is 11.5. The van der Waals surface area contributed by atoms with E-state index < -0.39 is 0 Å². The smallest absolute Gasteiger partial charge is 0.188 e. The molecule has 3 heterocycles. The van der Waals surface area contributed by atoms with Gasteiger partial charge in [-0.25, -0.2) is 9.97 Å². The van der Waals surface area contributed by atoms with Crippen LogP contribution in [-0.4, -0.2) is 34.6 Å². The van der Waals surface area contributed by atoms with Gasteiger partial charge < -0.3 is 10.1 Å². The third kappa shape index (κ3) is 5.18. The van der Waals surface area contributed by atoms with E-state index in [1.807, 2.05) is 18.2 Å². The fraction of sp³-hybridized carbons (Fsp3) is 0.318. The Hall–Kier alpha value is -2.79. The topological polar surface area (TPSA) is 74.1 Å². The van der Waals surface area contributed by atoms with Crippen molar-refractivity contribution >= 4 is 22.3 Å². The van der Waals surface area contributed by atoms with Gasteiger partial charge in [-0.1, -0.05) is 30.3 Å². The molecule has 0 amide bonds. The predicted octanol–water partition coefficient (Wildman–Crippen LogP) is 4.51. The summed E-state index contributed by atoms with van der Waals surface area (Å²) >= 11 is 1.57. The predicted molar refractivity (Wildman–Crippen MR) is 114 cm³/mol. The highest BCUT2D eigenvalue weighted by atomic mass is 32.1. The van der Waals surface area contributed by atoms with Crippen molar-refractivity contribution < 1.29 is 4.74 Å². The number of nitrogens with one attached hydrogen (secondary N) is 1. The summed E-state index contributed by atoms with van der Waals surface area (Å²) in [7, 11) is 0. The fourth-order valence-corrected chi connectivity index (χ4v) is 4.31. The molecular formula is C22H23N5OS. The quantitative estimate of drug-likeness (QED) is 0.556.